The molecule has 3 nitrogen and oxygen atoms in total. The van der Waals surface area contributed by atoms with E-state index in [0.717, 1.165) is 25.8 Å². The Bertz CT molecular complexity index is 147. The molecule has 1 aliphatic rings. The lowest BCUT2D eigenvalue weighted by Crippen LogP contribution is -2.29. The Balaban J connectivity index is 2.29. The van der Waals surface area contributed by atoms with Crippen molar-refractivity contribution >= 4 is 5.97 Å². The van der Waals surface area contributed by atoms with Crippen LogP contribution in [0.25, 0.3) is 0 Å². The van der Waals surface area contributed by atoms with Crippen LogP contribution in [0, 0.1) is 5.92 Å². The Morgan fingerprint density at radius 2 is 2.45 bits per heavy atom. The number of hydrogen-bond acceptors (Lipinski definition) is 2. The van der Waals surface area contributed by atoms with Gasteiger partial charge in [0, 0.05) is 0 Å². The lowest BCUT2D eigenvalue weighted by molar-refractivity contribution is -0.139. The first-order valence-electron chi connectivity index (χ1n) is 4.20. The number of carbonyl (C=O) groups is 1. The van der Waals surface area contributed by atoms with E-state index in [1.165, 1.54) is 0 Å². The molecule has 64 valence electrons. The van der Waals surface area contributed by atoms with E-state index in [9.17, 15) is 4.79 Å². The predicted molar refractivity (Wildman–Crippen MR) is 42.4 cm³/mol. The van der Waals surface area contributed by atoms with E-state index >= 15 is 0 Å². The van der Waals surface area contributed by atoms with Gasteiger partial charge in [0.2, 0.25) is 0 Å². The molecule has 2 N–H and O–H groups in total. The van der Waals surface area contributed by atoms with E-state index in [-0.39, 0.29) is 6.04 Å². The molecule has 1 aliphatic heterocycles. The summed E-state index contributed by atoms with van der Waals surface area (Å²) >= 11 is 0. The number of aliphatic carboxylic acids is 1. The average Bonchev–Trinajstić information content (AvgIpc) is 2.37. The second-order valence-corrected chi connectivity index (χ2v) is 3.19. The number of carboxylic acids is 1. The highest BCUT2D eigenvalue weighted by atomic mass is 16.4. The smallest absolute Gasteiger partial charge is 0.320 e. The van der Waals surface area contributed by atoms with Gasteiger partial charge in [-0.05, 0) is 25.3 Å². The molecule has 0 aromatic heterocycles. The fourth-order valence-electron chi connectivity index (χ4n) is 1.63. The molecule has 0 radical (unpaired) electrons. The summed E-state index contributed by atoms with van der Waals surface area (Å²) in [6, 6.07) is -0.286. The monoisotopic (exact) mass is 157 g/mol. The third kappa shape index (κ3) is 2.19. The SMILES string of the molecule is CCCC1CN[C@H](C(=O)O)C1. The molecule has 0 bridgehead atoms. The van der Waals surface area contributed by atoms with Gasteiger partial charge in [-0.3, -0.25) is 4.79 Å². The third-order valence-corrected chi connectivity index (χ3v) is 2.22. The highest BCUT2D eigenvalue weighted by Gasteiger charge is 2.27. The number of nitrogens with one attached hydrogen (secondary N) is 1. The Hall–Kier alpha value is -0.570. The van der Waals surface area contributed by atoms with E-state index in [1.54, 1.807) is 0 Å². The molecular formula is C8H15NO2. The first-order valence-corrected chi connectivity index (χ1v) is 4.20. The highest BCUT2D eigenvalue weighted by Crippen LogP contribution is 2.18. The summed E-state index contributed by atoms with van der Waals surface area (Å²) in [5.41, 5.74) is 0. The average molecular weight is 157 g/mol. The molecule has 0 aliphatic carbocycles. The van der Waals surface area contributed by atoms with Gasteiger partial charge in [0.05, 0.1) is 0 Å². The Morgan fingerprint density at radius 1 is 1.73 bits per heavy atom. The molecule has 3 heteroatoms. The lowest BCUT2D eigenvalue weighted by Gasteiger charge is -2.04. The van der Waals surface area contributed by atoms with Crippen molar-refractivity contribution in [1.29, 1.82) is 0 Å². The zero-order valence-electron chi connectivity index (χ0n) is 6.84. The molecule has 11 heavy (non-hydrogen) atoms. The minimum atomic E-state index is -0.705. The van der Waals surface area contributed by atoms with Crippen molar-refractivity contribution < 1.29 is 9.90 Å². The van der Waals surface area contributed by atoms with Gasteiger partial charge in [0.25, 0.3) is 0 Å². The quantitative estimate of drug-likeness (QED) is 0.638. The molecule has 0 aromatic rings. The lowest BCUT2D eigenvalue weighted by atomic mass is 10.0. The highest BCUT2D eigenvalue weighted by molar-refractivity contribution is 5.73. The van der Waals surface area contributed by atoms with E-state index in [4.69, 9.17) is 5.11 Å². The molecule has 2 atom stereocenters. The minimum absolute atomic E-state index is 0.286. The van der Waals surface area contributed by atoms with Crippen LogP contribution in [-0.2, 0) is 4.79 Å². The van der Waals surface area contributed by atoms with Crippen LogP contribution in [-0.4, -0.2) is 23.7 Å². The van der Waals surface area contributed by atoms with Crippen molar-refractivity contribution in [3.63, 3.8) is 0 Å². The van der Waals surface area contributed by atoms with Crippen molar-refractivity contribution in [1.82, 2.24) is 5.32 Å². The summed E-state index contributed by atoms with van der Waals surface area (Å²) in [6.07, 6.45) is 3.11. The topological polar surface area (TPSA) is 49.3 Å². The summed E-state index contributed by atoms with van der Waals surface area (Å²) in [6.45, 7) is 3.01. The van der Waals surface area contributed by atoms with Crippen LogP contribution in [0.3, 0.4) is 0 Å². The molecule has 0 saturated carbocycles. The summed E-state index contributed by atoms with van der Waals surface area (Å²) in [5.74, 6) is -0.121. The summed E-state index contributed by atoms with van der Waals surface area (Å²) in [5, 5.41) is 11.6. The second kappa shape index (κ2) is 3.72. The standard InChI is InChI=1S/C8H15NO2/c1-2-3-6-4-7(8(10)11)9-5-6/h6-7,9H,2-5H2,1H3,(H,10,11)/t6?,7-/m0/s1. The number of rotatable bonds is 3. The number of hydrogen-bond donors (Lipinski definition) is 2. The molecule has 1 heterocycles. The largest absolute Gasteiger partial charge is 0.480 e. The zero-order chi connectivity index (χ0) is 8.27. The van der Waals surface area contributed by atoms with Crippen LogP contribution < -0.4 is 5.32 Å². The molecular weight excluding hydrogens is 142 g/mol. The molecule has 0 amide bonds. The molecule has 1 saturated heterocycles. The van der Waals surface area contributed by atoms with E-state index in [2.05, 4.69) is 12.2 Å². The van der Waals surface area contributed by atoms with Crippen LogP contribution in [0.4, 0.5) is 0 Å². The fraction of sp³-hybridized carbons (Fsp3) is 0.875. The van der Waals surface area contributed by atoms with Crippen molar-refractivity contribution in [2.24, 2.45) is 5.92 Å². The first-order chi connectivity index (χ1) is 5.24. The summed E-state index contributed by atoms with van der Waals surface area (Å²) < 4.78 is 0. The minimum Gasteiger partial charge on any atom is -0.480 e. The van der Waals surface area contributed by atoms with E-state index in [0.29, 0.717) is 5.92 Å². The Kier molecular flexibility index (Phi) is 2.88. The Morgan fingerprint density at radius 3 is 2.91 bits per heavy atom. The molecule has 0 aromatic carbocycles. The van der Waals surface area contributed by atoms with Gasteiger partial charge in [-0.1, -0.05) is 13.3 Å². The van der Waals surface area contributed by atoms with Gasteiger partial charge in [0.1, 0.15) is 6.04 Å². The fourth-order valence-corrected chi connectivity index (χ4v) is 1.63. The third-order valence-electron chi connectivity index (χ3n) is 2.22. The van der Waals surface area contributed by atoms with Gasteiger partial charge in [-0.2, -0.15) is 0 Å². The predicted octanol–water partition coefficient (Wildman–Crippen LogP) is 0.849. The van der Waals surface area contributed by atoms with E-state index < -0.39 is 5.97 Å². The van der Waals surface area contributed by atoms with Crippen molar-refractivity contribution in [2.75, 3.05) is 6.54 Å². The van der Waals surface area contributed by atoms with Crippen LogP contribution >= 0.6 is 0 Å². The van der Waals surface area contributed by atoms with Gasteiger partial charge in [-0.15, -0.1) is 0 Å². The molecule has 1 fully saturated rings. The summed E-state index contributed by atoms with van der Waals surface area (Å²) in [4.78, 5) is 10.5. The van der Waals surface area contributed by atoms with Crippen molar-refractivity contribution in [3.05, 3.63) is 0 Å². The van der Waals surface area contributed by atoms with Gasteiger partial charge < -0.3 is 10.4 Å². The van der Waals surface area contributed by atoms with Gasteiger partial charge in [-0.25, -0.2) is 0 Å². The number of carboxylic acid groups (broad SMARTS) is 1. The maximum Gasteiger partial charge on any atom is 0.320 e. The van der Waals surface area contributed by atoms with Gasteiger partial charge >= 0.3 is 5.97 Å². The Labute approximate surface area is 66.8 Å². The van der Waals surface area contributed by atoms with Crippen LogP contribution in [0.5, 0.6) is 0 Å². The normalized spacial score (nSPS) is 30.6. The maximum atomic E-state index is 10.5. The maximum absolute atomic E-state index is 10.5. The van der Waals surface area contributed by atoms with Crippen LogP contribution in [0.2, 0.25) is 0 Å². The van der Waals surface area contributed by atoms with Crippen molar-refractivity contribution in [2.45, 2.75) is 32.2 Å². The van der Waals surface area contributed by atoms with E-state index in [1.807, 2.05) is 0 Å². The molecule has 1 rings (SSSR count). The van der Waals surface area contributed by atoms with Gasteiger partial charge in [0.15, 0.2) is 0 Å². The van der Waals surface area contributed by atoms with Crippen LogP contribution in [0.1, 0.15) is 26.2 Å². The zero-order valence-corrected chi connectivity index (χ0v) is 6.84. The molecule has 1 unspecified atom stereocenters. The molecule has 0 spiro atoms. The van der Waals surface area contributed by atoms with Crippen molar-refractivity contribution in [3.8, 4) is 0 Å². The summed E-state index contributed by atoms with van der Waals surface area (Å²) in [7, 11) is 0. The second-order valence-electron chi connectivity index (χ2n) is 3.19. The van der Waals surface area contributed by atoms with Crippen LogP contribution in [0.15, 0.2) is 0 Å². The first kappa shape index (κ1) is 8.53.